The summed E-state index contributed by atoms with van der Waals surface area (Å²) < 4.78 is 4.90. The maximum absolute atomic E-state index is 12.4. The largest absolute Gasteiger partial charge is 0.466 e. The molecule has 1 aromatic carbocycles. The number of hydrogen-bond acceptors (Lipinski definition) is 7. The van der Waals surface area contributed by atoms with Crippen molar-refractivity contribution in [3.8, 4) is 0 Å². The van der Waals surface area contributed by atoms with Crippen molar-refractivity contribution in [1.82, 2.24) is 5.32 Å². The van der Waals surface area contributed by atoms with Gasteiger partial charge in [-0.3, -0.25) is 10.1 Å². The fourth-order valence-electron chi connectivity index (χ4n) is 2.97. The highest BCUT2D eigenvalue weighted by Crippen LogP contribution is 2.42. The molecule has 0 saturated carbocycles. The SMILES string of the molecule is COOCC1=C(C)NC(C)=C(C(=O)OC)C1c1ccccc1[N+](=O)[O-]. The van der Waals surface area contributed by atoms with Gasteiger partial charge in [0.25, 0.3) is 5.69 Å². The zero-order valence-corrected chi connectivity index (χ0v) is 14.5. The number of benzene rings is 1. The number of dihydropyridines is 1. The van der Waals surface area contributed by atoms with E-state index in [0.29, 0.717) is 22.4 Å². The van der Waals surface area contributed by atoms with Crippen LogP contribution in [-0.4, -0.2) is 31.7 Å². The lowest BCUT2D eigenvalue weighted by atomic mass is 9.80. The first-order valence-electron chi connectivity index (χ1n) is 7.57. The molecule has 0 aromatic heterocycles. The maximum atomic E-state index is 12.4. The van der Waals surface area contributed by atoms with Gasteiger partial charge < -0.3 is 10.1 Å². The molecule has 0 bridgehead atoms. The summed E-state index contributed by atoms with van der Waals surface area (Å²) in [4.78, 5) is 33.1. The molecule has 1 N–H and O–H groups in total. The molecule has 25 heavy (non-hydrogen) atoms. The normalized spacial score (nSPS) is 17.4. The molecule has 134 valence electrons. The summed E-state index contributed by atoms with van der Waals surface area (Å²) in [7, 11) is 2.64. The second-order valence-electron chi connectivity index (χ2n) is 5.48. The Labute approximate surface area is 145 Å². The van der Waals surface area contributed by atoms with Crippen LogP contribution in [0.25, 0.3) is 0 Å². The number of nitro benzene ring substituents is 1. The summed E-state index contributed by atoms with van der Waals surface area (Å²) in [5.41, 5.74) is 2.59. The minimum atomic E-state index is -0.676. The Balaban J connectivity index is 2.69. The number of nitrogens with zero attached hydrogens (tertiary/aromatic N) is 1. The van der Waals surface area contributed by atoms with Crippen molar-refractivity contribution >= 4 is 11.7 Å². The van der Waals surface area contributed by atoms with Gasteiger partial charge in [0.1, 0.15) is 6.61 Å². The maximum Gasteiger partial charge on any atom is 0.336 e. The lowest BCUT2D eigenvalue weighted by Crippen LogP contribution is -2.30. The molecule has 2 rings (SSSR count). The summed E-state index contributed by atoms with van der Waals surface area (Å²) in [5, 5.41) is 14.6. The predicted octanol–water partition coefficient (Wildman–Crippen LogP) is 2.58. The number of para-hydroxylation sites is 1. The van der Waals surface area contributed by atoms with E-state index in [2.05, 4.69) is 10.2 Å². The van der Waals surface area contributed by atoms with Crippen molar-refractivity contribution in [1.29, 1.82) is 0 Å². The smallest absolute Gasteiger partial charge is 0.336 e. The number of hydrogen-bond donors (Lipinski definition) is 1. The van der Waals surface area contributed by atoms with Crippen molar-refractivity contribution < 1.29 is 24.2 Å². The van der Waals surface area contributed by atoms with E-state index in [0.717, 1.165) is 5.70 Å². The van der Waals surface area contributed by atoms with Crippen LogP contribution in [0.15, 0.2) is 46.8 Å². The molecule has 0 radical (unpaired) electrons. The minimum Gasteiger partial charge on any atom is -0.466 e. The third-order valence-corrected chi connectivity index (χ3v) is 4.08. The predicted molar refractivity (Wildman–Crippen MR) is 89.4 cm³/mol. The molecule has 8 heteroatoms. The van der Waals surface area contributed by atoms with Crippen LogP contribution < -0.4 is 5.32 Å². The van der Waals surface area contributed by atoms with Gasteiger partial charge in [-0.25, -0.2) is 14.6 Å². The van der Waals surface area contributed by atoms with Gasteiger partial charge in [-0.2, -0.15) is 0 Å². The van der Waals surface area contributed by atoms with Gasteiger partial charge in [-0.15, -0.1) is 0 Å². The molecule has 1 unspecified atom stereocenters. The third kappa shape index (κ3) is 3.70. The molecular weight excluding hydrogens is 328 g/mol. The second kappa shape index (κ2) is 7.91. The van der Waals surface area contributed by atoms with E-state index in [1.54, 1.807) is 25.1 Å². The number of carbonyl (C=O) groups excluding carboxylic acids is 1. The van der Waals surface area contributed by atoms with Gasteiger partial charge in [0, 0.05) is 28.9 Å². The monoisotopic (exact) mass is 348 g/mol. The summed E-state index contributed by atoms with van der Waals surface area (Å²) in [5.74, 6) is -1.24. The molecule has 1 heterocycles. The quantitative estimate of drug-likeness (QED) is 0.365. The lowest BCUT2D eigenvalue weighted by Gasteiger charge is -2.30. The molecule has 1 aliphatic rings. The second-order valence-corrected chi connectivity index (χ2v) is 5.48. The van der Waals surface area contributed by atoms with Gasteiger partial charge in [0.05, 0.1) is 24.7 Å². The number of nitro groups is 1. The van der Waals surface area contributed by atoms with E-state index in [1.165, 1.54) is 20.3 Å². The number of rotatable bonds is 6. The molecule has 8 nitrogen and oxygen atoms in total. The lowest BCUT2D eigenvalue weighted by molar-refractivity contribution is -0.385. The van der Waals surface area contributed by atoms with Crippen LogP contribution in [0.3, 0.4) is 0 Å². The van der Waals surface area contributed by atoms with Crippen molar-refractivity contribution in [3.05, 3.63) is 62.5 Å². The van der Waals surface area contributed by atoms with Gasteiger partial charge >= 0.3 is 5.97 Å². The van der Waals surface area contributed by atoms with Crippen LogP contribution in [0.5, 0.6) is 0 Å². The fraction of sp³-hybridized carbons (Fsp3) is 0.353. The highest BCUT2D eigenvalue weighted by Gasteiger charge is 2.37. The first-order chi connectivity index (χ1) is 11.9. The first-order valence-corrected chi connectivity index (χ1v) is 7.57. The summed E-state index contributed by atoms with van der Waals surface area (Å²) in [6.45, 7) is 3.58. The number of ether oxygens (including phenoxy) is 1. The third-order valence-electron chi connectivity index (χ3n) is 4.08. The van der Waals surface area contributed by atoms with E-state index >= 15 is 0 Å². The van der Waals surface area contributed by atoms with Crippen LogP contribution in [0.1, 0.15) is 25.3 Å². The Bertz CT molecular complexity index is 753. The number of allylic oxidation sites excluding steroid dienone is 2. The average molecular weight is 348 g/mol. The molecule has 0 fully saturated rings. The summed E-state index contributed by atoms with van der Waals surface area (Å²) >= 11 is 0. The van der Waals surface area contributed by atoms with Crippen molar-refractivity contribution in [2.75, 3.05) is 20.8 Å². The van der Waals surface area contributed by atoms with Gasteiger partial charge in [0.2, 0.25) is 0 Å². The van der Waals surface area contributed by atoms with Crippen molar-refractivity contribution in [3.63, 3.8) is 0 Å². The van der Waals surface area contributed by atoms with Gasteiger partial charge in [-0.05, 0) is 19.4 Å². The topological polar surface area (TPSA) is 99.9 Å². The summed E-state index contributed by atoms with van der Waals surface area (Å²) in [6, 6.07) is 6.31. The molecule has 1 aromatic rings. The highest BCUT2D eigenvalue weighted by molar-refractivity contribution is 5.93. The minimum absolute atomic E-state index is 0.0415. The zero-order valence-electron chi connectivity index (χ0n) is 14.5. The van der Waals surface area contributed by atoms with Crippen LogP contribution in [-0.2, 0) is 19.3 Å². The van der Waals surface area contributed by atoms with E-state index in [-0.39, 0.29) is 12.3 Å². The Morgan fingerprint density at radius 1 is 1.24 bits per heavy atom. The Kier molecular flexibility index (Phi) is 5.89. The van der Waals surface area contributed by atoms with Crippen molar-refractivity contribution in [2.45, 2.75) is 19.8 Å². The van der Waals surface area contributed by atoms with Gasteiger partial charge in [0.15, 0.2) is 0 Å². The molecule has 0 saturated heterocycles. The molecule has 1 atom stereocenters. The molecule has 1 aliphatic heterocycles. The zero-order chi connectivity index (χ0) is 18.6. The number of methoxy groups -OCH3 is 1. The van der Waals surface area contributed by atoms with E-state index in [4.69, 9.17) is 9.62 Å². The van der Waals surface area contributed by atoms with Crippen LogP contribution in [0, 0.1) is 10.1 Å². The van der Waals surface area contributed by atoms with E-state index < -0.39 is 16.8 Å². The summed E-state index contributed by atoms with van der Waals surface area (Å²) in [6.07, 6.45) is 0. The van der Waals surface area contributed by atoms with E-state index in [9.17, 15) is 14.9 Å². The highest BCUT2D eigenvalue weighted by atomic mass is 17.2. The number of carbonyl (C=O) groups is 1. The number of esters is 1. The van der Waals surface area contributed by atoms with E-state index in [1.807, 2.05) is 6.92 Å². The molecule has 0 aliphatic carbocycles. The number of nitrogens with one attached hydrogen (secondary N) is 1. The van der Waals surface area contributed by atoms with Crippen LogP contribution >= 0.6 is 0 Å². The molecule has 0 amide bonds. The Hall–Kier alpha value is -2.71. The van der Waals surface area contributed by atoms with Crippen LogP contribution in [0.2, 0.25) is 0 Å². The first kappa shape index (κ1) is 18.6. The van der Waals surface area contributed by atoms with Gasteiger partial charge in [-0.1, -0.05) is 18.2 Å². The Morgan fingerprint density at radius 3 is 2.52 bits per heavy atom. The standard InChI is InChI=1S/C17H20N2O6/c1-10-13(9-25-24-4)16(15(11(2)18-10)17(20)23-3)12-7-5-6-8-14(12)19(21)22/h5-8,16,18H,9H2,1-4H3. The Morgan fingerprint density at radius 2 is 1.92 bits per heavy atom. The van der Waals surface area contributed by atoms with Crippen LogP contribution in [0.4, 0.5) is 5.69 Å². The van der Waals surface area contributed by atoms with Crippen molar-refractivity contribution in [2.24, 2.45) is 0 Å². The molecular formula is C17H20N2O6. The average Bonchev–Trinajstić information content (AvgIpc) is 2.59. The fourth-order valence-corrected chi connectivity index (χ4v) is 2.97. The molecule has 0 spiro atoms.